The van der Waals surface area contributed by atoms with Crippen LogP contribution in [0.1, 0.15) is 0 Å². The van der Waals surface area contributed by atoms with Crippen LogP contribution in [0.15, 0.2) is 69.8 Å². The normalized spacial score (nSPS) is 15.8. The fourth-order valence-electron chi connectivity index (χ4n) is 2.80. The first kappa shape index (κ1) is 20.0. The van der Waals surface area contributed by atoms with Crippen molar-refractivity contribution in [3.63, 3.8) is 0 Å². The molecule has 10 nitrogen and oxygen atoms in total. The van der Waals surface area contributed by atoms with E-state index in [0.717, 1.165) is 0 Å². The van der Waals surface area contributed by atoms with Crippen LogP contribution in [0, 0.1) is 5.92 Å². The highest BCUT2D eigenvalue weighted by molar-refractivity contribution is 7.99. The molecule has 30 heavy (non-hydrogen) atoms. The number of sulfonamides is 1. The molecule has 154 valence electrons. The second-order valence-corrected chi connectivity index (χ2v) is 9.05. The van der Waals surface area contributed by atoms with Gasteiger partial charge in [0.15, 0.2) is 5.16 Å². The maximum Gasteiger partial charge on any atom is 0.264 e. The van der Waals surface area contributed by atoms with Crippen LogP contribution >= 0.6 is 11.8 Å². The molecule has 3 aromatic rings. The van der Waals surface area contributed by atoms with Crippen molar-refractivity contribution in [2.24, 2.45) is 5.92 Å². The third-order valence-corrected chi connectivity index (χ3v) is 6.81. The summed E-state index contributed by atoms with van der Waals surface area (Å²) in [6.45, 7) is 0.244. The standard InChI is InChI=1S/C18H16N6O4S2/c25-15-6-9-21-18-24(15)10-12(11-29-18)16(26)22-13-2-4-14(5-3-13)30(27,28)23-17-19-7-1-8-20-17/h1-9,12H,10-11H2,(H,22,26)(H,19,20,23). The Labute approximate surface area is 175 Å². The van der Waals surface area contributed by atoms with Crippen LogP contribution in [-0.2, 0) is 21.4 Å². The maximum absolute atomic E-state index is 12.6. The molecule has 0 bridgehead atoms. The van der Waals surface area contributed by atoms with Crippen molar-refractivity contribution >= 4 is 39.3 Å². The van der Waals surface area contributed by atoms with Crippen molar-refractivity contribution in [3.8, 4) is 0 Å². The van der Waals surface area contributed by atoms with Gasteiger partial charge in [-0.2, -0.15) is 0 Å². The highest BCUT2D eigenvalue weighted by atomic mass is 32.2. The van der Waals surface area contributed by atoms with Gasteiger partial charge in [-0.1, -0.05) is 11.8 Å². The number of nitrogens with one attached hydrogen (secondary N) is 2. The molecule has 12 heteroatoms. The Hall–Kier alpha value is -3.25. The first-order valence-electron chi connectivity index (χ1n) is 8.82. The average molecular weight is 444 g/mol. The first-order chi connectivity index (χ1) is 14.4. The van der Waals surface area contributed by atoms with Crippen LogP contribution in [-0.4, -0.2) is 39.6 Å². The zero-order chi connectivity index (χ0) is 21.1. The molecular weight excluding hydrogens is 428 g/mol. The smallest absolute Gasteiger partial charge is 0.264 e. The number of rotatable bonds is 5. The summed E-state index contributed by atoms with van der Waals surface area (Å²) in [5.41, 5.74) is 0.249. The maximum atomic E-state index is 12.6. The molecule has 2 N–H and O–H groups in total. The van der Waals surface area contributed by atoms with E-state index >= 15 is 0 Å². The minimum atomic E-state index is -3.85. The van der Waals surface area contributed by atoms with E-state index in [-0.39, 0.29) is 28.9 Å². The minimum Gasteiger partial charge on any atom is -0.326 e. The van der Waals surface area contributed by atoms with Gasteiger partial charge in [0.1, 0.15) is 0 Å². The van der Waals surface area contributed by atoms with Crippen molar-refractivity contribution in [1.82, 2.24) is 19.5 Å². The lowest BCUT2D eigenvalue weighted by molar-refractivity contribution is -0.119. The van der Waals surface area contributed by atoms with E-state index in [1.165, 1.54) is 65.3 Å². The summed E-state index contributed by atoms with van der Waals surface area (Å²) in [5, 5.41) is 3.36. The van der Waals surface area contributed by atoms with Crippen molar-refractivity contribution in [2.75, 3.05) is 15.8 Å². The summed E-state index contributed by atoms with van der Waals surface area (Å²) in [5.74, 6) is -0.204. The highest BCUT2D eigenvalue weighted by Gasteiger charge is 2.26. The molecule has 1 aromatic carbocycles. The molecule has 1 atom stereocenters. The molecule has 4 rings (SSSR count). The molecule has 0 radical (unpaired) electrons. The summed E-state index contributed by atoms with van der Waals surface area (Å²) in [4.78, 5) is 36.4. The molecule has 1 aliphatic rings. The van der Waals surface area contributed by atoms with Crippen molar-refractivity contribution < 1.29 is 13.2 Å². The molecule has 2 aromatic heterocycles. The summed E-state index contributed by atoms with van der Waals surface area (Å²) in [7, 11) is -3.85. The predicted octanol–water partition coefficient (Wildman–Crippen LogP) is 1.19. The zero-order valence-corrected chi connectivity index (χ0v) is 17.1. The molecule has 3 heterocycles. The summed E-state index contributed by atoms with van der Waals surface area (Å²) >= 11 is 1.35. The minimum absolute atomic E-state index is 0.00716. The molecular formula is C18H16N6O4S2. The number of amides is 1. The number of nitrogens with zero attached hydrogens (tertiary/aromatic N) is 4. The van der Waals surface area contributed by atoms with Gasteiger partial charge >= 0.3 is 0 Å². The molecule has 0 aliphatic carbocycles. The fraction of sp³-hybridized carbons (Fsp3) is 0.167. The van der Waals surface area contributed by atoms with E-state index in [1.807, 2.05) is 0 Å². The predicted molar refractivity (Wildman–Crippen MR) is 111 cm³/mol. The van der Waals surface area contributed by atoms with Crippen LogP contribution in [0.25, 0.3) is 0 Å². The van der Waals surface area contributed by atoms with Crippen LogP contribution in [0.3, 0.4) is 0 Å². The molecule has 1 unspecified atom stereocenters. The van der Waals surface area contributed by atoms with E-state index in [9.17, 15) is 18.0 Å². The topological polar surface area (TPSA) is 136 Å². The van der Waals surface area contributed by atoms with Gasteiger partial charge in [0.05, 0.1) is 10.8 Å². The number of benzene rings is 1. The number of carbonyl (C=O) groups excluding carboxylic acids is 1. The van der Waals surface area contributed by atoms with E-state index in [0.29, 0.717) is 16.6 Å². The van der Waals surface area contributed by atoms with Crippen molar-refractivity contribution in [3.05, 3.63) is 65.3 Å². The Morgan fingerprint density at radius 2 is 1.80 bits per heavy atom. The highest BCUT2D eigenvalue weighted by Crippen LogP contribution is 2.25. The summed E-state index contributed by atoms with van der Waals surface area (Å²) < 4.78 is 28.6. The van der Waals surface area contributed by atoms with Gasteiger partial charge in [-0.3, -0.25) is 14.2 Å². The number of carbonyl (C=O) groups is 1. The van der Waals surface area contributed by atoms with Gasteiger partial charge in [0.25, 0.3) is 15.6 Å². The van der Waals surface area contributed by atoms with E-state index in [2.05, 4.69) is 25.0 Å². The molecule has 0 fully saturated rings. The second-order valence-electron chi connectivity index (χ2n) is 6.38. The van der Waals surface area contributed by atoms with Crippen LogP contribution in [0.2, 0.25) is 0 Å². The van der Waals surface area contributed by atoms with Crippen molar-refractivity contribution in [2.45, 2.75) is 16.6 Å². The van der Waals surface area contributed by atoms with Gasteiger partial charge in [0, 0.05) is 42.6 Å². The van der Waals surface area contributed by atoms with Gasteiger partial charge in [0.2, 0.25) is 11.9 Å². The molecule has 0 spiro atoms. The Kier molecular flexibility index (Phi) is 5.50. The molecule has 1 aliphatic heterocycles. The van der Waals surface area contributed by atoms with Crippen LogP contribution in [0.5, 0.6) is 0 Å². The lowest BCUT2D eigenvalue weighted by Gasteiger charge is -2.23. The lowest BCUT2D eigenvalue weighted by atomic mass is 10.1. The van der Waals surface area contributed by atoms with Crippen LogP contribution in [0.4, 0.5) is 11.6 Å². The third-order valence-electron chi connectivity index (χ3n) is 4.31. The monoisotopic (exact) mass is 444 g/mol. The number of anilines is 2. The van der Waals surface area contributed by atoms with Gasteiger partial charge in [-0.05, 0) is 30.3 Å². The summed E-state index contributed by atoms with van der Waals surface area (Å²) in [6, 6.07) is 8.68. The van der Waals surface area contributed by atoms with Gasteiger partial charge in [-0.25, -0.2) is 28.1 Å². The first-order valence-corrected chi connectivity index (χ1v) is 11.3. The quantitative estimate of drug-likeness (QED) is 0.560. The Balaban J connectivity index is 1.43. The SMILES string of the molecule is O=C(Nc1ccc(S(=O)(=O)Nc2ncccn2)cc1)C1CSc2nccc(=O)n2C1. The Morgan fingerprint density at radius 1 is 1.07 bits per heavy atom. The van der Waals surface area contributed by atoms with E-state index < -0.39 is 15.9 Å². The Bertz CT molecular complexity index is 1230. The number of fused-ring (bicyclic) bond motifs is 1. The fourth-order valence-corrected chi connectivity index (χ4v) is 4.82. The third kappa shape index (κ3) is 4.33. The Morgan fingerprint density at radius 3 is 2.53 bits per heavy atom. The van der Waals surface area contributed by atoms with Gasteiger partial charge in [-0.15, -0.1) is 0 Å². The van der Waals surface area contributed by atoms with Crippen LogP contribution < -0.4 is 15.6 Å². The largest absolute Gasteiger partial charge is 0.326 e. The van der Waals surface area contributed by atoms with E-state index in [4.69, 9.17) is 0 Å². The summed E-state index contributed by atoms with van der Waals surface area (Å²) in [6.07, 6.45) is 4.31. The van der Waals surface area contributed by atoms with E-state index in [1.54, 1.807) is 6.07 Å². The molecule has 1 amide bonds. The number of thioether (sulfide) groups is 1. The number of hydrogen-bond donors (Lipinski definition) is 2. The zero-order valence-electron chi connectivity index (χ0n) is 15.4. The van der Waals surface area contributed by atoms with Crippen molar-refractivity contribution in [1.29, 1.82) is 0 Å². The van der Waals surface area contributed by atoms with Gasteiger partial charge < -0.3 is 5.32 Å². The molecule has 0 saturated carbocycles. The number of hydrogen-bond acceptors (Lipinski definition) is 8. The number of aromatic nitrogens is 4. The lowest BCUT2D eigenvalue weighted by Crippen LogP contribution is -2.36. The second kappa shape index (κ2) is 8.24. The molecule has 0 saturated heterocycles. The average Bonchev–Trinajstić information content (AvgIpc) is 2.74.